The number of hydrogen-bond acceptors (Lipinski definition) is 4. The number of aryl methyl sites for hydroxylation is 2. The summed E-state index contributed by atoms with van der Waals surface area (Å²) in [5.74, 6) is 1.27. The van der Waals surface area contributed by atoms with Gasteiger partial charge in [0.25, 0.3) is 5.56 Å². The predicted octanol–water partition coefficient (Wildman–Crippen LogP) is 3.15. The van der Waals surface area contributed by atoms with E-state index >= 15 is 0 Å². The van der Waals surface area contributed by atoms with Gasteiger partial charge in [-0.05, 0) is 61.0 Å². The quantitative estimate of drug-likeness (QED) is 0.615. The topological polar surface area (TPSA) is 80.4 Å². The summed E-state index contributed by atoms with van der Waals surface area (Å²) < 4.78 is 10.5. The number of pyridine rings is 1. The van der Waals surface area contributed by atoms with Crippen molar-refractivity contribution in [1.82, 2.24) is 10.3 Å². The number of nitrogens with one attached hydrogen (secondary N) is 2. The molecule has 3 rings (SSSR count). The Labute approximate surface area is 169 Å². The molecule has 0 fully saturated rings. The van der Waals surface area contributed by atoms with E-state index in [9.17, 15) is 9.59 Å². The molecule has 0 saturated heterocycles. The molecule has 0 bridgehead atoms. The molecule has 152 valence electrons. The van der Waals surface area contributed by atoms with E-state index in [1.54, 1.807) is 14.2 Å². The molecule has 0 saturated carbocycles. The highest BCUT2D eigenvalue weighted by Crippen LogP contribution is 2.27. The predicted molar refractivity (Wildman–Crippen MR) is 114 cm³/mol. The van der Waals surface area contributed by atoms with Gasteiger partial charge in [0.1, 0.15) is 0 Å². The Morgan fingerprint density at radius 1 is 1.00 bits per heavy atom. The van der Waals surface area contributed by atoms with Crippen molar-refractivity contribution in [3.8, 4) is 11.5 Å². The Balaban J connectivity index is 1.53. The van der Waals surface area contributed by atoms with E-state index in [0.717, 1.165) is 22.0 Å². The Bertz CT molecular complexity index is 1070. The second-order valence-electron chi connectivity index (χ2n) is 7.00. The summed E-state index contributed by atoms with van der Waals surface area (Å²) in [7, 11) is 3.19. The van der Waals surface area contributed by atoms with Crippen molar-refractivity contribution in [3.63, 3.8) is 0 Å². The minimum atomic E-state index is -0.139. The average molecular weight is 394 g/mol. The normalized spacial score (nSPS) is 10.7. The fourth-order valence-electron chi connectivity index (χ4n) is 3.28. The zero-order valence-corrected chi connectivity index (χ0v) is 17.0. The number of benzene rings is 2. The third kappa shape index (κ3) is 5.16. The van der Waals surface area contributed by atoms with E-state index in [1.165, 1.54) is 0 Å². The van der Waals surface area contributed by atoms with E-state index in [2.05, 4.69) is 10.3 Å². The van der Waals surface area contributed by atoms with Crippen molar-refractivity contribution in [1.29, 1.82) is 0 Å². The van der Waals surface area contributed by atoms with Crippen molar-refractivity contribution in [2.75, 3.05) is 20.8 Å². The molecule has 0 atom stereocenters. The molecule has 6 heteroatoms. The van der Waals surface area contributed by atoms with Crippen molar-refractivity contribution in [2.24, 2.45) is 0 Å². The molecular weight excluding hydrogens is 368 g/mol. The minimum Gasteiger partial charge on any atom is -0.493 e. The lowest BCUT2D eigenvalue weighted by molar-refractivity contribution is -0.121. The number of carbonyl (C=O) groups is 1. The zero-order valence-electron chi connectivity index (χ0n) is 17.0. The van der Waals surface area contributed by atoms with Gasteiger partial charge in [0.2, 0.25) is 5.91 Å². The maximum Gasteiger partial charge on any atom is 0.251 e. The first-order chi connectivity index (χ1) is 14.0. The van der Waals surface area contributed by atoms with Gasteiger partial charge < -0.3 is 19.8 Å². The summed E-state index contributed by atoms with van der Waals surface area (Å²) >= 11 is 0. The summed E-state index contributed by atoms with van der Waals surface area (Å²) in [5.41, 5.74) is 3.47. The van der Waals surface area contributed by atoms with Crippen LogP contribution >= 0.6 is 0 Å². The molecule has 1 aromatic heterocycles. The molecule has 29 heavy (non-hydrogen) atoms. The van der Waals surface area contributed by atoms with Gasteiger partial charge in [-0.3, -0.25) is 9.59 Å². The van der Waals surface area contributed by atoms with Crippen LogP contribution in [0.1, 0.15) is 23.1 Å². The molecule has 0 aliphatic heterocycles. The second-order valence-corrected chi connectivity index (χ2v) is 7.00. The van der Waals surface area contributed by atoms with Gasteiger partial charge in [0.05, 0.1) is 14.2 Å². The van der Waals surface area contributed by atoms with Crippen LogP contribution in [0.3, 0.4) is 0 Å². The summed E-state index contributed by atoms with van der Waals surface area (Å²) in [4.78, 5) is 27.3. The Morgan fingerprint density at radius 2 is 1.79 bits per heavy atom. The number of methoxy groups -OCH3 is 2. The molecule has 0 radical (unpaired) electrons. The van der Waals surface area contributed by atoms with Crippen LogP contribution in [0, 0.1) is 6.92 Å². The number of aromatic nitrogens is 1. The molecule has 0 aliphatic rings. The monoisotopic (exact) mass is 394 g/mol. The Kier molecular flexibility index (Phi) is 6.54. The van der Waals surface area contributed by atoms with Gasteiger partial charge >= 0.3 is 0 Å². The van der Waals surface area contributed by atoms with Crippen LogP contribution in [-0.4, -0.2) is 31.7 Å². The van der Waals surface area contributed by atoms with Crippen LogP contribution in [-0.2, 0) is 17.6 Å². The van der Waals surface area contributed by atoms with Crippen LogP contribution in [0.2, 0.25) is 0 Å². The van der Waals surface area contributed by atoms with E-state index < -0.39 is 0 Å². The summed E-state index contributed by atoms with van der Waals surface area (Å²) in [6.07, 6.45) is 1.36. The molecule has 1 amide bonds. The smallest absolute Gasteiger partial charge is 0.251 e. The third-order valence-corrected chi connectivity index (χ3v) is 4.88. The molecule has 0 aliphatic carbocycles. The fourth-order valence-corrected chi connectivity index (χ4v) is 3.28. The number of fused-ring (bicyclic) bond motifs is 1. The highest BCUT2D eigenvalue weighted by molar-refractivity contribution is 5.80. The van der Waals surface area contributed by atoms with Crippen molar-refractivity contribution < 1.29 is 14.3 Å². The number of rotatable bonds is 8. The maximum atomic E-state index is 12.2. The number of carbonyl (C=O) groups excluding carboxylic acids is 1. The lowest BCUT2D eigenvalue weighted by atomic mass is 10.1. The molecule has 2 aromatic carbocycles. The molecule has 6 nitrogen and oxygen atoms in total. The third-order valence-electron chi connectivity index (χ3n) is 4.88. The molecule has 1 heterocycles. The lowest BCUT2D eigenvalue weighted by Gasteiger charge is -2.10. The number of aromatic amines is 1. The second kappa shape index (κ2) is 9.28. The van der Waals surface area contributed by atoms with Crippen LogP contribution in [0.25, 0.3) is 10.9 Å². The Morgan fingerprint density at radius 3 is 2.55 bits per heavy atom. The summed E-state index contributed by atoms with van der Waals surface area (Å²) in [6, 6.07) is 13.5. The van der Waals surface area contributed by atoms with E-state index in [-0.39, 0.29) is 17.9 Å². The Hall–Kier alpha value is -3.28. The highest BCUT2D eigenvalue weighted by atomic mass is 16.5. The largest absolute Gasteiger partial charge is 0.493 e. The molecule has 3 aromatic rings. The highest BCUT2D eigenvalue weighted by Gasteiger charge is 2.08. The number of H-pyrrole nitrogens is 1. The molecule has 0 unspecified atom stereocenters. The van der Waals surface area contributed by atoms with Gasteiger partial charge in [-0.25, -0.2) is 0 Å². The van der Waals surface area contributed by atoms with Gasteiger partial charge in [0, 0.05) is 24.0 Å². The van der Waals surface area contributed by atoms with E-state index in [1.807, 2.05) is 49.4 Å². The average Bonchev–Trinajstić information content (AvgIpc) is 2.72. The summed E-state index contributed by atoms with van der Waals surface area (Å²) in [6.45, 7) is 2.53. The molecule has 0 spiro atoms. The van der Waals surface area contributed by atoms with Crippen molar-refractivity contribution >= 4 is 16.8 Å². The van der Waals surface area contributed by atoms with Gasteiger partial charge in [-0.1, -0.05) is 17.7 Å². The van der Waals surface area contributed by atoms with E-state index in [4.69, 9.17) is 9.47 Å². The molecule has 2 N–H and O–H groups in total. The first-order valence-corrected chi connectivity index (χ1v) is 9.60. The SMILES string of the molecule is COc1ccc(CCNC(=O)CCc2cc3cc(C)ccc3[nH]c2=O)cc1OC. The fraction of sp³-hybridized carbons (Fsp3) is 0.304. The van der Waals surface area contributed by atoms with Crippen LogP contribution in [0.15, 0.2) is 47.3 Å². The van der Waals surface area contributed by atoms with Gasteiger partial charge in [0.15, 0.2) is 11.5 Å². The molecular formula is C23H26N2O4. The first kappa shape index (κ1) is 20.5. The summed E-state index contributed by atoms with van der Waals surface area (Å²) in [5, 5.41) is 3.89. The van der Waals surface area contributed by atoms with Gasteiger partial charge in [-0.15, -0.1) is 0 Å². The van der Waals surface area contributed by atoms with Crippen LogP contribution in [0.5, 0.6) is 11.5 Å². The van der Waals surface area contributed by atoms with Crippen molar-refractivity contribution in [3.05, 3.63) is 69.5 Å². The van der Waals surface area contributed by atoms with E-state index in [0.29, 0.717) is 36.4 Å². The van der Waals surface area contributed by atoms with Crippen LogP contribution in [0.4, 0.5) is 0 Å². The van der Waals surface area contributed by atoms with Gasteiger partial charge in [-0.2, -0.15) is 0 Å². The standard InChI is InChI=1S/C23H26N2O4/c1-15-4-7-19-18(12-15)14-17(23(27)25-19)6-9-22(26)24-11-10-16-5-8-20(28-2)21(13-16)29-3/h4-5,7-8,12-14H,6,9-11H2,1-3H3,(H,24,26)(H,25,27). The number of hydrogen-bond donors (Lipinski definition) is 2. The van der Waals surface area contributed by atoms with Crippen molar-refractivity contribution in [2.45, 2.75) is 26.2 Å². The number of ether oxygens (including phenoxy) is 2. The minimum absolute atomic E-state index is 0.0748. The number of amides is 1. The maximum absolute atomic E-state index is 12.2. The first-order valence-electron chi connectivity index (χ1n) is 9.60. The lowest BCUT2D eigenvalue weighted by Crippen LogP contribution is -2.26. The zero-order chi connectivity index (χ0) is 20.8. The van der Waals surface area contributed by atoms with Crippen LogP contribution < -0.4 is 20.3 Å².